The monoisotopic (exact) mass is 264 g/mol. The van der Waals surface area contributed by atoms with Crippen LogP contribution in [0.2, 0.25) is 0 Å². The summed E-state index contributed by atoms with van der Waals surface area (Å²) in [5, 5.41) is 0. The predicted molar refractivity (Wildman–Crippen MR) is 77.2 cm³/mol. The highest BCUT2D eigenvalue weighted by Gasteiger charge is 2.16. The average molecular weight is 264 g/mol. The molecule has 0 bridgehead atoms. The van der Waals surface area contributed by atoms with Crippen molar-refractivity contribution in [1.82, 2.24) is 4.90 Å². The van der Waals surface area contributed by atoms with E-state index in [0.717, 1.165) is 24.2 Å². The van der Waals surface area contributed by atoms with E-state index in [9.17, 15) is 4.79 Å². The van der Waals surface area contributed by atoms with Gasteiger partial charge in [-0.2, -0.15) is 0 Å². The first-order valence-electron chi connectivity index (χ1n) is 6.75. The summed E-state index contributed by atoms with van der Waals surface area (Å²) in [4.78, 5) is 13.5. The van der Waals surface area contributed by atoms with E-state index in [-0.39, 0.29) is 5.91 Å². The van der Waals surface area contributed by atoms with Gasteiger partial charge in [0.05, 0.1) is 12.6 Å². The minimum absolute atomic E-state index is 0.0183. The first-order chi connectivity index (χ1) is 9.06. The maximum absolute atomic E-state index is 11.9. The number of hydrogen-bond donors (Lipinski definition) is 1. The van der Waals surface area contributed by atoms with Crippen molar-refractivity contribution >= 4 is 5.91 Å². The third kappa shape index (κ3) is 4.91. The first kappa shape index (κ1) is 15.5. The van der Waals surface area contributed by atoms with E-state index in [1.165, 1.54) is 0 Å². The number of aryl methyl sites for hydroxylation is 1. The van der Waals surface area contributed by atoms with Crippen LogP contribution in [0.15, 0.2) is 24.3 Å². The van der Waals surface area contributed by atoms with E-state index in [2.05, 4.69) is 0 Å². The largest absolute Gasteiger partial charge is 0.491 e. The van der Waals surface area contributed by atoms with E-state index in [1.807, 2.05) is 38.1 Å². The molecular weight excluding hydrogens is 240 g/mol. The molecule has 1 aromatic rings. The van der Waals surface area contributed by atoms with Crippen LogP contribution in [0.1, 0.15) is 25.3 Å². The predicted octanol–water partition coefficient (Wildman–Crippen LogP) is 1.96. The van der Waals surface area contributed by atoms with Gasteiger partial charge in [0.25, 0.3) is 0 Å². The van der Waals surface area contributed by atoms with Crippen LogP contribution in [0.3, 0.4) is 0 Å². The smallest absolute Gasteiger partial charge is 0.239 e. The quantitative estimate of drug-likeness (QED) is 0.819. The molecule has 0 radical (unpaired) electrons. The van der Waals surface area contributed by atoms with Gasteiger partial charge in [0.1, 0.15) is 12.4 Å². The highest BCUT2D eigenvalue weighted by atomic mass is 16.5. The van der Waals surface area contributed by atoms with Crippen molar-refractivity contribution in [1.29, 1.82) is 0 Å². The van der Waals surface area contributed by atoms with Crippen LogP contribution in [0.4, 0.5) is 0 Å². The fourth-order valence-electron chi connectivity index (χ4n) is 1.84. The molecular formula is C15H24N2O2. The van der Waals surface area contributed by atoms with Crippen molar-refractivity contribution in [2.45, 2.75) is 32.7 Å². The van der Waals surface area contributed by atoms with Crippen LogP contribution in [0.25, 0.3) is 0 Å². The second-order valence-electron chi connectivity index (χ2n) is 4.77. The molecule has 4 heteroatoms. The molecule has 19 heavy (non-hydrogen) atoms. The van der Waals surface area contributed by atoms with Crippen molar-refractivity contribution in [3.05, 3.63) is 29.8 Å². The van der Waals surface area contributed by atoms with Crippen molar-refractivity contribution in [2.24, 2.45) is 5.73 Å². The Kier molecular flexibility index (Phi) is 6.36. The Hall–Kier alpha value is -1.55. The highest BCUT2D eigenvalue weighted by Crippen LogP contribution is 2.15. The lowest BCUT2D eigenvalue weighted by Crippen LogP contribution is -2.43. The first-order valence-corrected chi connectivity index (χ1v) is 6.75. The highest BCUT2D eigenvalue weighted by molar-refractivity contribution is 5.81. The van der Waals surface area contributed by atoms with Crippen LogP contribution in [0.5, 0.6) is 5.75 Å². The maximum Gasteiger partial charge on any atom is 0.239 e. The Balaban J connectivity index is 2.37. The van der Waals surface area contributed by atoms with Crippen molar-refractivity contribution in [3.63, 3.8) is 0 Å². The molecule has 2 N–H and O–H groups in total. The van der Waals surface area contributed by atoms with Crippen LogP contribution in [-0.4, -0.2) is 37.0 Å². The molecule has 0 fully saturated rings. The number of rotatable bonds is 7. The van der Waals surface area contributed by atoms with Crippen molar-refractivity contribution < 1.29 is 9.53 Å². The van der Waals surface area contributed by atoms with Crippen LogP contribution in [-0.2, 0) is 4.79 Å². The molecule has 0 saturated heterocycles. The van der Waals surface area contributed by atoms with Gasteiger partial charge < -0.3 is 15.4 Å². The van der Waals surface area contributed by atoms with E-state index < -0.39 is 6.04 Å². The molecule has 0 aliphatic heterocycles. The standard InChI is InChI=1S/C15H24N2O2/c1-4-7-13(16)15(18)17(3)10-11-19-14-9-6-5-8-12(14)2/h5-6,8-9,13H,4,7,10-11,16H2,1-3H3. The van der Waals surface area contributed by atoms with Crippen LogP contribution < -0.4 is 10.5 Å². The zero-order chi connectivity index (χ0) is 14.3. The van der Waals surface area contributed by atoms with Crippen LogP contribution >= 0.6 is 0 Å². The molecule has 1 aromatic carbocycles. The van der Waals surface area contributed by atoms with Gasteiger partial charge in [-0.25, -0.2) is 0 Å². The van der Waals surface area contributed by atoms with E-state index in [4.69, 9.17) is 10.5 Å². The molecule has 0 heterocycles. The Morgan fingerprint density at radius 3 is 2.74 bits per heavy atom. The molecule has 0 aliphatic carbocycles. The van der Waals surface area contributed by atoms with Gasteiger partial charge in [-0.3, -0.25) is 4.79 Å². The molecule has 106 valence electrons. The molecule has 1 amide bonds. The molecule has 0 aliphatic rings. The summed E-state index contributed by atoms with van der Waals surface area (Å²) in [6.45, 7) is 5.05. The Morgan fingerprint density at radius 2 is 2.11 bits per heavy atom. The fraction of sp³-hybridized carbons (Fsp3) is 0.533. The normalized spacial score (nSPS) is 12.0. The molecule has 1 rings (SSSR count). The number of likely N-dealkylation sites (N-methyl/N-ethyl adjacent to an activating group) is 1. The van der Waals surface area contributed by atoms with Gasteiger partial charge in [0.15, 0.2) is 0 Å². The van der Waals surface area contributed by atoms with Gasteiger partial charge in [-0.15, -0.1) is 0 Å². The number of carbonyl (C=O) groups is 1. The van der Waals surface area contributed by atoms with E-state index in [0.29, 0.717) is 13.2 Å². The van der Waals surface area contributed by atoms with Gasteiger partial charge >= 0.3 is 0 Å². The number of ether oxygens (including phenoxy) is 1. The second-order valence-corrected chi connectivity index (χ2v) is 4.77. The van der Waals surface area contributed by atoms with Gasteiger partial charge in [0, 0.05) is 7.05 Å². The topological polar surface area (TPSA) is 55.6 Å². The number of amides is 1. The van der Waals surface area contributed by atoms with Crippen molar-refractivity contribution in [2.75, 3.05) is 20.2 Å². The number of para-hydroxylation sites is 1. The van der Waals surface area contributed by atoms with Gasteiger partial charge in [-0.05, 0) is 25.0 Å². The average Bonchev–Trinajstić information content (AvgIpc) is 2.40. The van der Waals surface area contributed by atoms with E-state index >= 15 is 0 Å². The van der Waals surface area contributed by atoms with Crippen LogP contribution in [0, 0.1) is 6.92 Å². The Bertz CT molecular complexity index is 407. The summed E-state index contributed by atoms with van der Waals surface area (Å²) < 4.78 is 5.66. The molecule has 1 atom stereocenters. The summed E-state index contributed by atoms with van der Waals surface area (Å²) in [7, 11) is 1.76. The fourth-order valence-corrected chi connectivity index (χ4v) is 1.84. The Labute approximate surface area is 115 Å². The zero-order valence-electron chi connectivity index (χ0n) is 12.1. The molecule has 0 spiro atoms. The summed E-state index contributed by atoms with van der Waals surface area (Å²) >= 11 is 0. The number of nitrogens with two attached hydrogens (primary N) is 1. The number of benzene rings is 1. The molecule has 0 saturated carbocycles. The summed E-state index contributed by atoms with van der Waals surface area (Å²) in [5.74, 6) is 0.844. The SMILES string of the molecule is CCCC(N)C(=O)N(C)CCOc1ccccc1C. The summed E-state index contributed by atoms with van der Waals surface area (Å²) in [5.41, 5.74) is 6.90. The zero-order valence-corrected chi connectivity index (χ0v) is 12.1. The molecule has 0 aromatic heterocycles. The lowest BCUT2D eigenvalue weighted by molar-refractivity contribution is -0.131. The molecule has 1 unspecified atom stereocenters. The number of hydrogen-bond acceptors (Lipinski definition) is 3. The summed E-state index contributed by atoms with van der Waals surface area (Å²) in [6.07, 6.45) is 1.64. The Morgan fingerprint density at radius 1 is 1.42 bits per heavy atom. The minimum Gasteiger partial charge on any atom is -0.491 e. The third-order valence-corrected chi connectivity index (χ3v) is 3.07. The minimum atomic E-state index is -0.395. The lowest BCUT2D eigenvalue weighted by Gasteiger charge is -2.21. The maximum atomic E-state index is 11.9. The van der Waals surface area contributed by atoms with Gasteiger partial charge in [-0.1, -0.05) is 31.5 Å². The lowest BCUT2D eigenvalue weighted by atomic mass is 10.1. The summed E-state index contributed by atoms with van der Waals surface area (Å²) in [6, 6.07) is 7.45. The number of nitrogens with zero attached hydrogens (tertiary/aromatic N) is 1. The number of carbonyl (C=O) groups excluding carboxylic acids is 1. The van der Waals surface area contributed by atoms with Gasteiger partial charge in [0.2, 0.25) is 5.91 Å². The second kappa shape index (κ2) is 7.79. The third-order valence-electron chi connectivity index (χ3n) is 3.07. The van der Waals surface area contributed by atoms with Crippen molar-refractivity contribution in [3.8, 4) is 5.75 Å². The van der Waals surface area contributed by atoms with E-state index in [1.54, 1.807) is 11.9 Å². The molecule has 4 nitrogen and oxygen atoms in total.